The maximum absolute atomic E-state index is 7.99. The first kappa shape index (κ1) is 17.4. The van der Waals surface area contributed by atoms with E-state index in [1.165, 1.54) is 0 Å². The molecule has 3 aromatic rings. The average molecular weight is 389 g/mol. The predicted octanol–water partition coefficient (Wildman–Crippen LogP) is 2.06. The van der Waals surface area contributed by atoms with Gasteiger partial charge in [0.1, 0.15) is 16.7 Å². The Balaban J connectivity index is 1.58. The lowest BCUT2D eigenvalue weighted by Gasteiger charge is -2.34. The molecule has 146 valence electrons. The molecule has 2 aliphatic rings. The van der Waals surface area contributed by atoms with Crippen LogP contribution in [-0.4, -0.2) is 56.2 Å². The molecular weight excluding hydrogens is 370 g/mol. The average Bonchev–Trinajstić information content (AvgIpc) is 3.41. The number of rotatable bonds is 2. The molecule has 2 unspecified atom stereocenters. The summed E-state index contributed by atoms with van der Waals surface area (Å²) in [5.41, 5.74) is 9.58. The van der Waals surface area contributed by atoms with Crippen molar-refractivity contribution in [1.29, 1.82) is 5.41 Å². The fraction of sp³-hybridized carbons (Fsp3) is 0.368. The van der Waals surface area contributed by atoms with Gasteiger partial charge in [-0.15, -0.1) is 0 Å². The van der Waals surface area contributed by atoms with Gasteiger partial charge in [-0.05, 0) is 34.8 Å². The number of piperidine rings is 1. The van der Waals surface area contributed by atoms with E-state index >= 15 is 0 Å². The highest BCUT2D eigenvalue weighted by atomic mass is 16.6. The number of likely N-dealkylation sites (tertiary alicyclic amines) is 1. The first-order valence-electron chi connectivity index (χ1n) is 9.46. The van der Waals surface area contributed by atoms with E-state index < -0.39 is 6.04 Å². The highest BCUT2D eigenvalue weighted by Gasteiger charge is 2.44. The molecule has 0 spiro atoms. The van der Waals surface area contributed by atoms with E-state index in [-0.39, 0.29) is 17.8 Å². The molecule has 29 heavy (non-hydrogen) atoms. The van der Waals surface area contributed by atoms with Crippen LogP contribution in [0.4, 0.5) is 5.82 Å². The van der Waals surface area contributed by atoms with Crippen molar-refractivity contribution in [2.45, 2.75) is 24.8 Å². The number of hydrogen-bond donors (Lipinski definition) is 3. The van der Waals surface area contributed by atoms with E-state index in [1.54, 1.807) is 6.20 Å². The smallest absolute Gasteiger partial charge is 0.272 e. The summed E-state index contributed by atoms with van der Waals surface area (Å²) in [6.45, 7) is 9.36. The summed E-state index contributed by atoms with van der Waals surface area (Å²) in [6, 6.07) is 5.25. The van der Waals surface area contributed by atoms with E-state index in [9.17, 15) is 0 Å². The van der Waals surface area contributed by atoms with Gasteiger partial charge in [0.15, 0.2) is 11.8 Å². The minimum atomic E-state index is -0.462. The molecule has 5 rings (SSSR count). The Morgan fingerprint density at radius 2 is 2.10 bits per heavy atom. The number of fused-ring (bicyclic) bond motifs is 2. The van der Waals surface area contributed by atoms with Crippen molar-refractivity contribution in [3.63, 3.8) is 0 Å². The van der Waals surface area contributed by atoms with Gasteiger partial charge in [-0.2, -0.15) is 5.10 Å². The largest absolute Gasteiger partial charge is 0.370 e. The van der Waals surface area contributed by atoms with Crippen LogP contribution in [0.1, 0.15) is 29.9 Å². The summed E-state index contributed by atoms with van der Waals surface area (Å²) in [4.78, 5) is 10.7. The van der Waals surface area contributed by atoms with E-state index in [0.717, 1.165) is 29.7 Å². The SMILES string of the molecule is [C-]#[N+]C1C(C2CCN(C(=N)N)CC2)=Nc2[nH]ncc2C1c1cccc2nonc12. The summed E-state index contributed by atoms with van der Waals surface area (Å²) in [7, 11) is 0. The Hall–Kier alpha value is -3.74. The molecule has 2 atom stereocenters. The van der Waals surface area contributed by atoms with E-state index in [4.69, 9.17) is 27.3 Å². The molecule has 2 aromatic heterocycles. The van der Waals surface area contributed by atoms with Crippen LogP contribution >= 0.6 is 0 Å². The second kappa shape index (κ2) is 6.70. The van der Waals surface area contributed by atoms with E-state index in [0.29, 0.717) is 29.9 Å². The summed E-state index contributed by atoms with van der Waals surface area (Å²) >= 11 is 0. The van der Waals surface area contributed by atoms with Crippen LogP contribution in [0.15, 0.2) is 34.0 Å². The first-order valence-corrected chi connectivity index (χ1v) is 9.46. The zero-order valence-electron chi connectivity index (χ0n) is 15.5. The number of hydrogen-bond acceptors (Lipinski definition) is 6. The van der Waals surface area contributed by atoms with Gasteiger partial charge in [0.25, 0.3) is 6.04 Å². The monoisotopic (exact) mass is 389 g/mol. The molecule has 0 amide bonds. The zero-order valence-corrected chi connectivity index (χ0v) is 15.5. The van der Waals surface area contributed by atoms with Crippen LogP contribution in [0.3, 0.4) is 0 Å². The third-order valence-electron chi connectivity index (χ3n) is 5.89. The quantitative estimate of drug-likeness (QED) is 0.348. The summed E-state index contributed by atoms with van der Waals surface area (Å²) in [5, 5.41) is 22.8. The zero-order chi connectivity index (χ0) is 20.0. The predicted molar refractivity (Wildman–Crippen MR) is 106 cm³/mol. The van der Waals surface area contributed by atoms with Gasteiger partial charge in [-0.1, -0.05) is 12.1 Å². The van der Waals surface area contributed by atoms with Crippen LogP contribution in [0.2, 0.25) is 0 Å². The number of aromatic amines is 1. The van der Waals surface area contributed by atoms with Crippen LogP contribution < -0.4 is 5.73 Å². The number of nitrogens with zero attached hydrogens (tertiary/aromatic N) is 6. The number of guanidine groups is 1. The number of nitrogens with one attached hydrogen (secondary N) is 2. The van der Waals surface area contributed by atoms with Crippen LogP contribution in [0.25, 0.3) is 15.9 Å². The minimum Gasteiger partial charge on any atom is -0.370 e. The van der Waals surface area contributed by atoms with Gasteiger partial charge in [-0.3, -0.25) is 10.5 Å². The van der Waals surface area contributed by atoms with Gasteiger partial charge in [0.05, 0.1) is 12.1 Å². The number of benzene rings is 1. The molecule has 0 radical (unpaired) electrons. The molecule has 4 N–H and O–H groups in total. The lowest BCUT2D eigenvalue weighted by molar-refractivity contribution is 0.302. The Morgan fingerprint density at radius 1 is 1.28 bits per heavy atom. The van der Waals surface area contributed by atoms with Crippen LogP contribution in [0.5, 0.6) is 0 Å². The molecule has 10 nitrogen and oxygen atoms in total. The van der Waals surface area contributed by atoms with Crippen molar-refractivity contribution in [3.05, 3.63) is 46.9 Å². The molecule has 2 aliphatic heterocycles. The van der Waals surface area contributed by atoms with Gasteiger partial charge < -0.3 is 15.5 Å². The molecule has 10 heteroatoms. The van der Waals surface area contributed by atoms with Crippen molar-refractivity contribution in [2.24, 2.45) is 16.6 Å². The third-order valence-corrected chi connectivity index (χ3v) is 5.89. The second-order valence-electron chi connectivity index (χ2n) is 7.39. The Labute approximate surface area is 166 Å². The molecule has 1 fully saturated rings. The lowest BCUT2D eigenvalue weighted by atomic mass is 9.76. The lowest BCUT2D eigenvalue weighted by Crippen LogP contribution is -2.45. The summed E-state index contributed by atoms with van der Waals surface area (Å²) < 4.78 is 4.94. The maximum Gasteiger partial charge on any atom is 0.272 e. The molecular formula is C19H19N9O. The van der Waals surface area contributed by atoms with Gasteiger partial charge >= 0.3 is 0 Å². The normalized spacial score (nSPS) is 22.2. The topological polar surface area (TPSA) is 137 Å². The van der Waals surface area contributed by atoms with E-state index in [1.807, 2.05) is 23.1 Å². The Bertz CT molecular complexity index is 1150. The number of nitrogens with two attached hydrogens (primary N) is 1. The molecule has 0 aliphatic carbocycles. The first-order chi connectivity index (χ1) is 14.2. The Morgan fingerprint density at radius 3 is 2.86 bits per heavy atom. The Kier molecular flexibility index (Phi) is 4.01. The van der Waals surface area contributed by atoms with E-state index in [2.05, 4.69) is 25.4 Å². The van der Waals surface area contributed by atoms with Gasteiger partial charge in [-0.25, -0.2) is 16.2 Å². The van der Waals surface area contributed by atoms with Crippen molar-refractivity contribution in [3.8, 4) is 0 Å². The fourth-order valence-electron chi connectivity index (χ4n) is 4.45. The highest BCUT2D eigenvalue weighted by Crippen LogP contribution is 2.43. The molecule has 0 bridgehead atoms. The second-order valence-corrected chi connectivity index (χ2v) is 7.39. The van der Waals surface area contributed by atoms with Gasteiger partial charge in [0.2, 0.25) is 0 Å². The van der Waals surface area contributed by atoms with Crippen molar-refractivity contribution in [2.75, 3.05) is 13.1 Å². The van der Waals surface area contributed by atoms with Crippen molar-refractivity contribution < 1.29 is 4.63 Å². The van der Waals surface area contributed by atoms with Gasteiger partial charge in [0, 0.05) is 24.6 Å². The van der Waals surface area contributed by atoms with Crippen LogP contribution in [-0.2, 0) is 0 Å². The molecule has 1 saturated heterocycles. The van der Waals surface area contributed by atoms with Crippen molar-refractivity contribution >= 4 is 28.5 Å². The number of aromatic nitrogens is 4. The molecule has 4 heterocycles. The maximum atomic E-state index is 7.99. The summed E-state index contributed by atoms with van der Waals surface area (Å²) in [5.74, 6) is 0.676. The molecule has 1 aromatic carbocycles. The minimum absolute atomic E-state index is 0.0923. The number of aliphatic imine (C=N–C) groups is 1. The standard InChI is InChI=1S/C19H19N9O/c1-22-17-14(11-3-2-4-13-16(11)27-29-26-13)12-9-23-25-18(12)24-15(17)10-5-7-28(8-6-10)19(20)21/h2-4,9-10,14,17H,5-8H2,(H3,20,21)(H,23,25). The van der Waals surface area contributed by atoms with Crippen LogP contribution in [0, 0.1) is 17.9 Å². The van der Waals surface area contributed by atoms with Crippen molar-refractivity contribution in [1.82, 2.24) is 25.4 Å². The highest BCUT2D eigenvalue weighted by molar-refractivity contribution is 5.99. The third kappa shape index (κ3) is 2.74. The fourth-order valence-corrected chi connectivity index (χ4v) is 4.45. The number of H-pyrrole nitrogens is 1. The summed E-state index contributed by atoms with van der Waals surface area (Å²) in [6.07, 6.45) is 3.34. The molecule has 0 saturated carbocycles.